The zero-order chi connectivity index (χ0) is 20.2. The van der Waals surface area contributed by atoms with E-state index in [4.69, 9.17) is 0 Å². The van der Waals surface area contributed by atoms with Crippen LogP contribution in [-0.4, -0.2) is 41.6 Å². The van der Waals surface area contributed by atoms with Gasteiger partial charge in [0.05, 0.1) is 12.6 Å². The molecule has 1 atom stereocenters. The second kappa shape index (κ2) is 8.37. The Morgan fingerprint density at radius 3 is 2.38 bits per heavy atom. The molecule has 5 nitrogen and oxygen atoms in total. The van der Waals surface area contributed by atoms with Gasteiger partial charge in [-0.1, -0.05) is 54.6 Å². The number of carbonyl (C=O) groups excluding carboxylic acids is 3. The summed E-state index contributed by atoms with van der Waals surface area (Å²) in [6.45, 7) is 0.826. The molecule has 2 amide bonds. The van der Waals surface area contributed by atoms with Gasteiger partial charge in [0.25, 0.3) is 5.91 Å². The Kier molecular flexibility index (Phi) is 5.49. The summed E-state index contributed by atoms with van der Waals surface area (Å²) >= 11 is 0. The van der Waals surface area contributed by atoms with Crippen LogP contribution in [0, 0.1) is 0 Å². The molecule has 0 bridgehead atoms. The van der Waals surface area contributed by atoms with Crippen LogP contribution in [0.15, 0.2) is 72.8 Å². The van der Waals surface area contributed by atoms with Gasteiger partial charge in [0.1, 0.15) is 0 Å². The minimum Gasteiger partial charge on any atom is -0.293 e. The Morgan fingerprint density at radius 2 is 1.59 bits per heavy atom. The van der Waals surface area contributed by atoms with Gasteiger partial charge in [0.15, 0.2) is 5.78 Å². The molecule has 0 saturated carbocycles. The van der Waals surface area contributed by atoms with Gasteiger partial charge in [-0.05, 0) is 48.4 Å². The van der Waals surface area contributed by atoms with Crippen LogP contribution in [0.5, 0.6) is 0 Å². The van der Waals surface area contributed by atoms with Gasteiger partial charge in [-0.2, -0.15) is 0 Å². The summed E-state index contributed by atoms with van der Waals surface area (Å²) in [5, 5.41) is 4.58. The molecule has 0 spiro atoms. The standard InChI is InChI=1S/C24H22N2O3/c27-22(20-13-12-17-7-4-5-10-19(17)15-20)16-26-14-6-11-21(26)24(29)25-23(28)18-8-2-1-3-9-18/h1-5,7-10,12-13,15,21H,6,11,14,16H2,(H,25,28,29)/t21-/m1/s1. The predicted octanol–water partition coefficient (Wildman–Crippen LogP) is 3.44. The number of hydrogen-bond acceptors (Lipinski definition) is 4. The minimum absolute atomic E-state index is 0.0233. The molecule has 0 aromatic heterocycles. The van der Waals surface area contributed by atoms with Crippen molar-refractivity contribution in [3.05, 3.63) is 83.9 Å². The van der Waals surface area contributed by atoms with Crippen LogP contribution in [0.2, 0.25) is 0 Å². The van der Waals surface area contributed by atoms with E-state index >= 15 is 0 Å². The van der Waals surface area contributed by atoms with E-state index in [1.807, 2.05) is 53.4 Å². The van der Waals surface area contributed by atoms with Crippen LogP contribution < -0.4 is 5.32 Å². The third-order valence-electron chi connectivity index (χ3n) is 5.36. The molecule has 0 aliphatic carbocycles. The van der Waals surface area contributed by atoms with Gasteiger partial charge >= 0.3 is 0 Å². The number of ketones is 1. The Morgan fingerprint density at radius 1 is 0.862 bits per heavy atom. The van der Waals surface area contributed by atoms with Gasteiger partial charge in [-0.3, -0.25) is 24.6 Å². The number of Topliss-reactive ketones (excluding diaryl/α,β-unsaturated/α-hetero) is 1. The van der Waals surface area contributed by atoms with Crippen molar-refractivity contribution in [1.29, 1.82) is 0 Å². The molecule has 1 fully saturated rings. The third-order valence-corrected chi connectivity index (χ3v) is 5.36. The Bertz CT molecular complexity index is 1060. The van der Waals surface area contributed by atoms with Crippen LogP contribution in [0.4, 0.5) is 0 Å². The highest BCUT2D eigenvalue weighted by atomic mass is 16.2. The second-order valence-corrected chi connectivity index (χ2v) is 7.30. The summed E-state index contributed by atoms with van der Waals surface area (Å²) in [5.74, 6) is -0.782. The van der Waals surface area contributed by atoms with E-state index < -0.39 is 11.9 Å². The van der Waals surface area contributed by atoms with E-state index in [-0.39, 0.29) is 18.2 Å². The van der Waals surface area contributed by atoms with Crippen molar-refractivity contribution in [2.24, 2.45) is 0 Å². The number of imide groups is 1. The molecular weight excluding hydrogens is 364 g/mol. The lowest BCUT2D eigenvalue weighted by Crippen LogP contribution is -2.46. The SMILES string of the molecule is O=C(CN1CCC[C@@H]1C(=O)NC(=O)c1ccccc1)c1ccc2ccccc2c1. The molecule has 29 heavy (non-hydrogen) atoms. The van der Waals surface area contributed by atoms with Crippen molar-refractivity contribution < 1.29 is 14.4 Å². The summed E-state index contributed by atoms with van der Waals surface area (Å²) in [6, 6.07) is 21.7. The fourth-order valence-electron chi connectivity index (χ4n) is 3.81. The summed E-state index contributed by atoms with van der Waals surface area (Å²) in [5.41, 5.74) is 1.08. The molecule has 146 valence electrons. The molecule has 3 aromatic rings. The number of hydrogen-bond donors (Lipinski definition) is 1. The molecule has 1 aliphatic rings. The average Bonchev–Trinajstić information content (AvgIpc) is 3.22. The van der Waals surface area contributed by atoms with Crippen molar-refractivity contribution in [2.75, 3.05) is 13.1 Å². The first-order valence-electron chi connectivity index (χ1n) is 9.78. The van der Waals surface area contributed by atoms with Gasteiger partial charge in [-0.15, -0.1) is 0 Å². The molecule has 3 aromatic carbocycles. The maximum atomic E-state index is 12.8. The van der Waals surface area contributed by atoms with Crippen LogP contribution in [0.25, 0.3) is 10.8 Å². The van der Waals surface area contributed by atoms with Crippen LogP contribution in [-0.2, 0) is 4.79 Å². The van der Waals surface area contributed by atoms with Crippen LogP contribution in [0.1, 0.15) is 33.6 Å². The lowest BCUT2D eigenvalue weighted by molar-refractivity contribution is -0.124. The third kappa shape index (κ3) is 4.25. The highest BCUT2D eigenvalue weighted by Gasteiger charge is 2.33. The van der Waals surface area contributed by atoms with Crippen molar-refractivity contribution in [3.8, 4) is 0 Å². The van der Waals surface area contributed by atoms with E-state index in [1.165, 1.54) is 0 Å². The Balaban J connectivity index is 1.43. The quantitative estimate of drug-likeness (QED) is 0.539. The van der Waals surface area contributed by atoms with E-state index in [9.17, 15) is 14.4 Å². The number of nitrogens with zero attached hydrogens (tertiary/aromatic N) is 1. The number of rotatable bonds is 5. The highest BCUT2D eigenvalue weighted by Crippen LogP contribution is 2.20. The minimum atomic E-state index is -0.466. The smallest absolute Gasteiger partial charge is 0.257 e. The van der Waals surface area contributed by atoms with Crippen molar-refractivity contribution in [2.45, 2.75) is 18.9 Å². The van der Waals surface area contributed by atoms with E-state index in [0.29, 0.717) is 24.1 Å². The number of likely N-dealkylation sites (tertiary alicyclic amines) is 1. The van der Waals surface area contributed by atoms with Crippen LogP contribution >= 0.6 is 0 Å². The van der Waals surface area contributed by atoms with E-state index in [1.54, 1.807) is 24.3 Å². The Hall–Kier alpha value is -3.31. The second-order valence-electron chi connectivity index (χ2n) is 7.30. The molecule has 1 heterocycles. The zero-order valence-electron chi connectivity index (χ0n) is 16.0. The number of amides is 2. The first-order valence-corrected chi connectivity index (χ1v) is 9.78. The number of fused-ring (bicyclic) bond motifs is 1. The summed E-state index contributed by atoms with van der Waals surface area (Å²) in [4.78, 5) is 39.6. The predicted molar refractivity (Wildman–Crippen MR) is 112 cm³/mol. The van der Waals surface area contributed by atoms with Gasteiger partial charge in [0, 0.05) is 11.1 Å². The van der Waals surface area contributed by atoms with Crippen molar-refractivity contribution in [3.63, 3.8) is 0 Å². The zero-order valence-corrected chi connectivity index (χ0v) is 16.0. The molecule has 0 radical (unpaired) electrons. The molecule has 5 heteroatoms. The largest absolute Gasteiger partial charge is 0.293 e. The maximum Gasteiger partial charge on any atom is 0.257 e. The fraction of sp³-hybridized carbons (Fsp3) is 0.208. The monoisotopic (exact) mass is 386 g/mol. The average molecular weight is 386 g/mol. The Labute approximate surface area is 169 Å². The van der Waals surface area contributed by atoms with Crippen molar-refractivity contribution >= 4 is 28.4 Å². The van der Waals surface area contributed by atoms with Gasteiger partial charge in [0.2, 0.25) is 5.91 Å². The molecule has 1 aliphatic heterocycles. The molecule has 1 saturated heterocycles. The summed E-state index contributed by atoms with van der Waals surface area (Å²) in [7, 11) is 0. The summed E-state index contributed by atoms with van der Waals surface area (Å²) < 4.78 is 0. The van der Waals surface area contributed by atoms with Gasteiger partial charge in [-0.25, -0.2) is 0 Å². The topological polar surface area (TPSA) is 66.5 Å². The maximum absolute atomic E-state index is 12.8. The lowest BCUT2D eigenvalue weighted by atomic mass is 10.0. The summed E-state index contributed by atoms with van der Waals surface area (Å²) in [6.07, 6.45) is 1.46. The normalized spacial score (nSPS) is 16.6. The first kappa shape index (κ1) is 19.0. The molecule has 4 rings (SSSR count). The number of nitrogens with one attached hydrogen (secondary N) is 1. The first-order chi connectivity index (χ1) is 14.1. The lowest BCUT2D eigenvalue weighted by Gasteiger charge is -2.22. The van der Waals surface area contributed by atoms with E-state index in [0.717, 1.165) is 17.2 Å². The number of carbonyl (C=O) groups is 3. The van der Waals surface area contributed by atoms with Crippen LogP contribution in [0.3, 0.4) is 0 Å². The number of benzene rings is 3. The van der Waals surface area contributed by atoms with E-state index in [2.05, 4.69) is 5.32 Å². The highest BCUT2D eigenvalue weighted by molar-refractivity contribution is 6.06. The fourth-order valence-corrected chi connectivity index (χ4v) is 3.81. The molecule has 1 N–H and O–H groups in total. The molecule has 0 unspecified atom stereocenters. The van der Waals surface area contributed by atoms with Crippen molar-refractivity contribution in [1.82, 2.24) is 10.2 Å². The molecular formula is C24H22N2O3. The van der Waals surface area contributed by atoms with Gasteiger partial charge < -0.3 is 0 Å².